The van der Waals surface area contributed by atoms with E-state index in [0.717, 1.165) is 22.1 Å². The molecule has 5 nitrogen and oxygen atoms in total. The van der Waals surface area contributed by atoms with E-state index in [2.05, 4.69) is 27.0 Å². The minimum Gasteiger partial charge on any atom is -0.383 e. The number of benzene rings is 2. The average molecular weight is 367 g/mol. The van der Waals surface area contributed by atoms with Crippen molar-refractivity contribution in [1.82, 2.24) is 9.55 Å². The van der Waals surface area contributed by atoms with Crippen molar-refractivity contribution in [1.29, 1.82) is 0 Å². The minimum absolute atomic E-state index is 0.0521. The summed E-state index contributed by atoms with van der Waals surface area (Å²) in [5, 5.41) is 3.70. The number of carbonyl (C=O) groups is 1. The Kier molecular flexibility index (Phi) is 6.46. The van der Waals surface area contributed by atoms with Gasteiger partial charge in [-0.15, -0.1) is 0 Å². The van der Waals surface area contributed by atoms with E-state index in [4.69, 9.17) is 4.74 Å². The van der Waals surface area contributed by atoms with Crippen molar-refractivity contribution in [3.05, 3.63) is 66.9 Å². The molecule has 1 N–H and O–H groups in total. The summed E-state index contributed by atoms with van der Waals surface area (Å²) in [6, 6.07) is 19.6. The number of amides is 1. The van der Waals surface area contributed by atoms with Gasteiger partial charge in [-0.2, -0.15) is 0 Å². The lowest BCUT2D eigenvalue weighted by atomic mass is 10.2. The SMILES string of the molecule is COCCn1c(-c2ccccc2)cnc1SCC(=O)Nc1ccccc1. The third kappa shape index (κ3) is 4.74. The molecule has 3 aromatic rings. The quantitative estimate of drug-likeness (QED) is 0.613. The van der Waals surface area contributed by atoms with Crippen LogP contribution in [0.3, 0.4) is 0 Å². The molecule has 0 saturated heterocycles. The molecule has 0 radical (unpaired) electrons. The Morgan fingerprint density at radius 2 is 1.81 bits per heavy atom. The van der Waals surface area contributed by atoms with Gasteiger partial charge in [-0.25, -0.2) is 4.98 Å². The van der Waals surface area contributed by atoms with Gasteiger partial charge in [0.2, 0.25) is 5.91 Å². The molecule has 0 saturated carbocycles. The number of hydrogen-bond acceptors (Lipinski definition) is 4. The average Bonchev–Trinajstić information content (AvgIpc) is 3.09. The molecule has 0 aliphatic heterocycles. The predicted molar refractivity (Wildman–Crippen MR) is 105 cm³/mol. The van der Waals surface area contributed by atoms with Crippen molar-refractivity contribution in [3.63, 3.8) is 0 Å². The highest BCUT2D eigenvalue weighted by atomic mass is 32.2. The van der Waals surface area contributed by atoms with E-state index >= 15 is 0 Å². The van der Waals surface area contributed by atoms with E-state index in [1.54, 1.807) is 7.11 Å². The fourth-order valence-electron chi connectivity index (χ4n) is 2.56. The van der Waals surface area contributed by atoms with Crippen molar-refractivity contribution >= 4 is 23.4 Å². The summed E-state index contributed by atoms with van der Waals surface area (Å²) in [5.41, 5.74) is 2.91. The van der Waals surface area contributed by atoms with Gasteiger partial charge in [0.1, 0.15) is 0 Å². The van der Waals surface area contributed by atoms with Crippen LogP contribution in [0.15, 0.2) is 72.0 Å². The van der Waals surface area contributed by atoms with Gasteiger partial charge >= 0.3 is 0 Å². The summed E-state index contributed by atoms with van der Waals surface area (Å²) >= 11 is 1.42. The first-order chi connectivity index (χ1) is 12.8. The molecular formula is C20H21N3O2S. The van der Waals surface area contributed by atoms with E-state index in [1.807, 2.05) is 54.7 Å². The zero-order chi connectivity index (χ0) is 18.2. The summed E-state index contributed by atoms with van der Waals surface area (Å²) in [4.78, 5) is 16.7. The molecule has 0 aliphatic rings. The van der Waals surface area contributed by atoms with Crippen LogP contribution < -0.4 is 5.32 Å². The van der Waals surface area contributed by atoms with Gasteiger partial charge in [-0.3, -0.25) is 4.79 Å². The Bertz CT molecular complexity index is 835. The number of thioether (sulfide) groups is 1. The smallest absolute Gasteiger partial charge is 0.234 e. The molecule has 26 heavy (non-hydrogen) atoms. The van der Waals surface area contributed by atoms with Crippen molar-refractivity contribution < 1.29 is 9.53 Å². The molecule has 0 spiro atoms. The first-order valence-electron chi connectivity index (χ1n) is 8.35. The van der Waals surface area contributed by atoms with Gasteiger partial charge in [0, 0.05) is 19.3 Å². The summed E-state index contributed by atoms with van der Waals surface area (Å²) in [6.45, 7) is 1.27. The Morgan fingerprint density at radius 3 is 2.50 bits per heavy atom. The van der Waals surface area contributed by atoms with Gasteiger partial charge in [0.15, 0.2) is 5.16 Å². The molecule has 0 fully saturated rings. The Morgan fingerprint density at radius 1 is 1.12 bits per heavy atom. The van der Waals surface area contributed by atoms with Gasteiger partial charge in [-0.1, -0.05) is 60.3 Å². The van der Waals surface area contributed by atoms with Crippen LogP contribution in [0.4, 0.5) is 5.69 Å². The molecule has 0 atom stereocenters. The maximum absolute atomic E-state index is 12.2. The second-order valence-corrected chi connectivity index (χ2v) is 6.58. The molecule has 0 unspecified atom stereocenters. The fraction of sp³-hybridized carbons (Fsp3) is 0.200. The van der Waals surface area contributed by atoms with E-state index in [0.29, 0.717) is 18.9 Å². The van der Waals surface area contributed by atoms with E-state index in [-0.39, 0.29) is 5.91 Å². The first-order valence-corrected chi connectivity index (χ1v) is 9.34. The molecule has 2 aromatic carbocycles. The van der Waals surface area contributed by atoms with E-state index < -0.39 is 0 Å². The highest BCUT2D eigenvalue weighted by molar-refractivity contribution is 7.99. The van der Waals surface area contributed by atoms with Crippen LogP contribution in [-0.2, 0) is 16.1 Å². The van der Waals surface area contributed by atoms with Gasteiger partial charge in [-0.05, 0) is 17.7 Å². The number of ether oxygens (including phenoxy) is 1. The van der Waals surface area contributed by atoms with Gasteiger partial charge in [0.25, 0.3) is 0 Å². The van der Waals surface area contributed by atoms with Crippen molar-refractivity contribution in [2.45, 2.75) is 11.7 Å². The number of nitrogens with zero attached hydrogens (tertiary/aromatic N) is 2. The molecule has 1 amide bonds. The van der Waals surface area contributed by atoms with E-state index in [9.17, 15) is 4.79 Å². The molecule has 1 aromatic heterocycles. The lowest BCUT2D eigenvalue weighted by Gasteiger charge is -2.11. The topological polar surface area (TPSA) is 56.2 Å². The number of rotatable bonds is 8. The number of anilines is 1. The van der Waals surface area contributed by atoms with Crippen LogP contribution in [0.1, 0.15) is 0 Å². The van der Waals surface area contributed by atoms with Crippen LogP contribution in [0.2, 0.25) is 0 Å². The normalized spacial score (nSPS) is 10.7. The van der Waals surface area contributed by atoms with E-state index in [1.165, 1.54) is 11.8 Å². The summed E-state index contributed by atoms with van der Waals surface area (Å²) < 4.78 is 7.32. The number of imidazole rings is 1. The molecule has 3 rings (SSSR count). The standard InChI is InChI=1S/C20H21N3O2S/c1-25-13-12-23-18(16-8-4-2-5-9-16)14-21-20(23)26-15-19(24)22-17-10-6-3-7-11-17/h2-11,14H,12-13,15H2,1H3,(H,22,24). The maximum atomic E-state index is 12.2. The van der Waals surface area contributed by atoms with Crippen LogP contribution in [0.5, 0.6) is 0 Å². The summed E-state index contributed by atoms with van der Waals surface area (Å²) in [6.07, 6.45) is 1.85. The zero-order valence-electron chi connectivity index (χ0n) is 14.6. The number of carbonyl (C=O) groups excluding carboxylic acids is 1. The largest absolute Gasteiger partial charge is 0.383 e. The molecule has 134 valence electrons. The highest BCUT2D eigenvalue weighted by Gasteiger charge is 2.13. The Labute approximate surface area is 157 Å². The molecular weight excluding hydrogens is 346 g/mol. The van der Waals surface area contributed by atoms with Crippen LogP contribution in [-0.4, -0.2) is 34.9 Å². The number of hydrogen-bond donors (Lipinski definition) is 1. The van der Waals surface area contributed by atoms with Crippen molar-refractivity contribution in [2.75, 3.05) is 24.8 Å². The van der Waals surface area contributed by atoms with Crippen LogP contribution in [0, 0.1) is 0 Å². The second kappa shape index (κ2) is 9.22. The first kappa shape index (κ1) is 18.2. The Hall–Kier alpha value is -2.57. The monoisotopic (exact) mass is 367 g/mol. The maximum Gasteiger partial charge on any atom is 0.234 e. The van der Waals surface area contributed by atoms with Gasteiger partial charge < -0.3 is 14.6 Å². The third-order valence-electron chi connectivity index (χ3n) is 3.80. The highest BCUT2D eigenvalue weighted by Crippen LogP contribution is 2.26. The van der Waals surface area contributed by atoms with Crippen molar-refractivity contribution in [2.24, 2.45) is 0 Å². The summed E-state index contributed by atoms with van der Waals surface area (Å²) in [7, 11) is 1.68. The predicted octanol–water partition coefficient (Wildman–Crippen LogP) is 3.93. The summed E-state index contributed by atoms with van der Waals surface area (Å²) in [5.74, 6) is 0.247. The third-order valence-corrected chi connectivity index (χ3v) is 4.79. The second-order valence-electron chi connectivity index (χ2n) is 5.64. The molecule has 1 heterocycles. The minimum atomic E-state index is -0.0521. The molecule has 6 heteroatoms. The fourth-order valence-corrected chi connectivity index (χ4v) is 3.37. The number of aromatic nitrogens is 2. The zero-order valence-corrected chi connectivity index (χ0v) is 15.4. The molecule has 0 aliphatic carbocycles. The lowest BCUT2D eigenvalue weighted by molar-refractivity contribution is -0.113. The van der Waals surface area contributed by atoms with Crippen LogP contribution >= 0.6 is 11.8 Å². The lowest BCUT2D eigenvalue weighted by Crippen LogP contribution is -2.15. The van der Waals surface area contributed by atoms with Crippen molar-refractivity contribution in [3.8, 4) is 11.3 Å². The number of nitrogens with one attached hydrogen (secondary N) is 1. The Balaban J connectivity index is 1.71. The molecule has 0 bridgehead atoms. The van der Waals surface area contributed by atoms with Crippen LogP contribution in [0.25, 0.3) is 11.3 Å². The van der Waals surface area contributed by atoms with Gasteiger partial charge in [0.05, 0.1) is 24.3 Å². The number of methoxy groups -OCH3 is 1. The number of para-hydroxylation sites is 1.